The molecular weight excluding hydrogens is 418 g/mol. The highest BCUT2D eigenvalue weighted by Gasteiger charge is 2.21. The molecule has 3 aromatic rings. The monoisotopic (exact) mass is 441 g/mol. The Morgan fingerprint density at radius 3 is 2.43 bits per heavy atom. The molecule has 0 fully saturated rings. The van der Waals surface area contributed by atoms with Crippen molar-refractivity contribution in [2.24, 2.45) is 0 Å². The van der Waals surface area contributed by atoms with E-state index < -0.39 is 11.7 Å². The Bertz CT molecular complexity index is 971. The van der Waals surface area contributed by atoms with Crippen LogP contribution in [-0.4, -0.2) is 16.3 Å². The lowest BCUT2D eigenvalue weighted by Gasteiger charge is -2.20. The lowest BCUT2D eigenvalue weighted by Crippen LogP contribution is -2.27. The van der Waals surface area contributed by atoms with Crippen LogP contribution in [0.5, 0.6) is 5.75 Å². The Kier molecular flexibility index (Phi) is 5.94. The van der Waals surface area contributed by atoms with Crippen LogP contribution in [0.3, 0.4) is 0 Å². The summed E-state index contributed by atoms with van der Waals surface area (Å²) in [5.41, 5.74) is 3.29. The topological polar surface area (TPSA) is 40.5 Å². The SMILES string of the molecule is Cc1cc(OCc2ccccc2)ccc1-c1cc(Br)cn1C(=O)OC(C)(C)C. The molecule has 0 N–H and O–H groups in total. The maximum atomic E-state index is 12.6. The van der Waals surface area contributed by atoms with Gasteiger partial charge in [-0.05, 0) is 79.0 Å². The van der Waals surface area contributed by atoms with Crippen molar-refractivity contribution in [2.75, 3.05) is 0 Å². The zero-order valence-electron chi connectivity index (χ0n) is 16.5. The Morgan fingerprint density at radius 2 is 1.79 bits per heavy atom. The van der Waals surface area contributed by atoms with Gasteiger partial charge in [0.25, 0.3) is 0 Å². The summed E-state index contributed by atoms with van der Waals surface area (Å²) in [6.45, 7) is 8.08. The number of aromatic nitrogens is 1. The third-order valence-corrected chi connectivity index (χ3v) is 4.53. The normalized spacial score (nSPS) is 11.3. The predicted molar refractivity (Wildman–Crippen MR) is 115 cm³/mol. The average Bonchev–Trinajstić information content (AvgIpc) is 3.01. The summed E-state index contributed by atoms with van der Waals surface area (Å²) in [6, 6.07) is 17.8. The number of ether oxygens (including phenoxy) is 2. The number of hydrogen-bond acceptors (Lipinski definition) is 3. The van der Waals surface area contributed by atoms with E-state index in [2.05, 4.69) is 15.9 Å². The standard InChI is InChI=1S/C23H24BrNO3/c1-16-12-19(27-15-17-8-6-5-7-9-17)10-11-20(16)21-13-18(24)14-25(21)22(26)28-23(2,3)4/h5-14H,15H2,1-4H3. The van der Waals surface area contributed by atoms with Crippen molar-refractivity contribution in [1.29, 1.82) is 0 Å². The molecule has 1 heterocycles. The smallest absolute Gasteiger partial charge is 0.419 e. The second-order valence-corrected chi connectivity index (χ2v) is 8.56. The van der Waals surface area contributed by atoms with E-state index in [9.17, 15) is 4.79 Å². The molecule has 0 unspecified atom stereocenters. The first kappa shape index (κ1) is 20.2. The van der Waals surface area contributed by atoms with Crippen LogP contribution in [-0.2, 0) is 11.3 Å². The van der Waals surface area contributed by atoms with Gasteiger partial charge in [0.05, 0.1) is 5.69 Å². The van der Waals surface area contributed by atoms with Crippen LogP contribution in [0.4, 0.5) is 4.79 Å². The lowest BCUT2D eigenvalue weighted by molar-refractivity contribution is 0.0540. The highest BCUT2D eigenvalue weighted by molar-refractivity contribution is 9.10. The molecule has 3 rings (SSSR count). The second kappa shape index (κ2) is 8.23. The summed E-state index contributed by atoms with van der Waals surface area (Å²) in [7, 11) is 0. The number of benzene rings is 2. The Hall–Kier alpha value is -2.53. The minimum atomic E-state index is -0.560. The largest absolute Gasteiger partial charge is 0.489 e. The lowest BCUT2D eigenvalue weighted by atomic mass is 10.1. The maximum Gasteiger partial charge on any atom is 0.419 e. The van der Waals surface area contributed by atoms with E-state index in [1.54, 1.807) is 6.20 Å². The first-order chi connectivity index (χ1) is 13.2. The molecule has 146 valence electrons. The third-order valence-electron chi connectivity index (χ3n) is 4.10. The van der Waals surface area contributed by atoms with Crippen molar-refractivity contribution in [3.8, 4) is 17.0 Å². The van der Waals surface area contributed by atoms with Gasteiger partial charge < -0.3 is 9.47 Å². The van der Waals surface area contributed by atoms with Crippen LogP contribution in [0.1, 0.15) is 31.9 Å². The maximum absolute atomic E-state index is 12.6. The van der Waals surface area contributed by atoms with E-state index in [-0.39, 0.29) is 0 Å². The summed E-state index contributed by atoms with van der Waals surface area (Å²) in [4.78, 5) is 12.6. The molecule has 4 nitrogen and oxygen atoms in total. The fourth-order valence-electron chi connectivity index (χ4n) is 2.85. The molecule has 0 aliphatic carbocycles. The molecular formula is C23H24BrNO3. The van der Waals surface area contributed by atoms with Gasteiger partial charge in [-0.15, -0.1) is 0 Å². The van der Waals surface area contributed by atoms with E-state index >= 15 is 0 Å². The number of carbonyl (C=O) groups is 1. The molecule has 0 amide bonds. The van der Waals surface area contributed by atoms with Crippen LogP contribution in [0.15, 0.2) is 65.3 Å². The molecule has 0 aliphatic rings. The van der Waals surface area contributed by atoms with Gasteiger partial charge in [-0.25, -0.2) is 4.79 Å². The Morgan fingerprint density at radius 1 is 1.07 bits per heavy atom. The van der Waals surface area contributed by atoms with E-state index in [1.807, 2.05) is 82.3 Å². The molecule has 0 saturated carbocycles. The average molecular weight is 442 g/mol. The fourth-order valence-corrected chi connectivity index (χ4v) is 3.28. The van der Waals surface area contributed by atoms with Crippen LogP contribution in [0.2, 0.25) is 0 Å². The van der Waals surface area contributed by atoms with Gasteiger partial charge in [0.1, 0.15) is 18.0 Å². The zero-order chi connectivity index (χ0) is 20.3. The van der Waals surface area contributed by atoms with E-state index in [4.69, 9.17) is 9.47 Å². The molecule has 0 radical (unpaired) electrons. The molecule has 28 heavy (non-hydrogen) atoms. The van der Waals surface area contributed by atoms with Gasteiger partial charge in [-0.1, -0.05) is 30.3 Å². The molecule has 0 bridgehead atoms. The highest BCUT2D eigenvalue weighted by Crippen LogP contribution is 2.31. The Labute approximate surface area is 174 Å². The third kappa shape index (κ3) is 5.04. The second-order valence-electron chi connectivity index (χ2n) is 7.64. The first-order valence-electron chi connectivity index (χ1n) is 9.12. The van der Waals surface area contributed by atoms with Crippen molar-refractivity contribution >= 4 is 22.0 Å². The summed E-state index contributed by atoms with van der Waals surface area (Å²) in [5, 5.41) is 0. The molecule has 1 aromatic heterocycles. The van der Waals surface area contributed by atoms with Crippen molar-refractivity contribution in [2.45, 2.75) is 39.9 Å². The van der Waals surface area contributed by atoms with E-state index in [0.717, 1.165) is 32.6 Å². The number of hydrogen-bond donors (Lipinski definition) is 0. The number of rotatable bonds is 4. The van der Waals surface area contributed by atoms with E-state index in [0.29, 0.717) is 6.61 Å². The summed E-state index contributed by atoms with van der Waals surface area (Å²) >= 11 is 3.46. The molecule has 0 aliphatic heterocycles. The van der Waals surface area contributed by atoms with Gasteiger partial charge in [0, 0.05) is 16.2 Å². The minimum absolute atomic E-state index is 0.406. The fraction of sp³-hybridized carbons (Fsp3) is 0.261. The highest BCUT2D eigenvalue weighted by atomic mass is 79.9. The van der Waals surface area contributed by atoms with Crippen molar-refractivity contribution < 1.29 is 14.3 Å². The number of carbonyl (C=O) groups excluding carboxylic acids is 1. The predicted octanol–water partition coefficient (Wildman–Crippen LogP) is 6.59. The number of aryl methyl sites for hydroxylation is 1. The zero-order valence-corrected chi connectivity index (χ0v) is 18.1. The van der Waals surface area contributed by atoms with E-state index in [1.165, 1.54) is 4.57 Å². The van der Waals surface area contributed by atoms with Crippen LogP contribution in [0, 0.1) is 6.92 Å². The van der Waals surface area contributed by atoms with Crippen LogP contribution < -0.4 is 4.74 Å². The number of halogens is 1. The van der Waals surface area contributed by atoms with Crippen molar-refractivity contribution in [3.05, 3.63) is 76.4 Å². The molecule has 0 spiro atoms. The Balaban J connectivity index is 1.83. The van der Waals surface area contributed by atoms with Crippen LogP contribution in [0.25, 0.3) is 11.3 Å². The van der Waals surface area contributed by atoms with Crippen molar-refractivity contribution in [3.63, 3.8) is 0 Å². The summed E-state index contributed by atoms with van der Waals surface area (Å²) in [6.07, 6.45) is 1.32. The van der Waals surface area contributed by atoms with Crippen molar-refractivity contribution in [1.82, 2.24) is 4.57 Å². The van der Waals surface area contributed by atoms with Gasteiger partial charge in [0.15, 0.2) is 0 Å². The summed E-state index contributed by atoms with van der Waals surface area (Å²) in [5.74, 6) is 0.791. The molecule has 2 aromatic carbocycles. The summed E-state index contributed by atoms with van der Waals surface area (Å²) < 4.78 is 13.8. The van der Waals surface area contributed by atoms with Gasteiger partial charge in [-0.2, -0.15) is 0 Å². The first-order valence-corrected chi connectivity index (χ1v) is 9.91. The van der Waals surface area contributed by atoms with Gasteiger partial charge in [-0.3, -0.25) is 4.57 Å². The minimum Gasteiger partial charge on any atom is -0.489 e. The van der Waals surface area contributed by atoms with Gasteiger partial charge >= 0.3 is 6.09 Å². The van der Waals surface area contributed by atoms with Crippen LogP contribution >= 0.6 is 15.9 Å². The molecule has 0 saturated heterocycles. The quantitative estimate of drug-likeness (QED) is 0.458. The van der Waals surface area contributed by atoms with Gasteiger partial charge in [0.2, 0.25) is 0 Å². The molecule has 5 heteroatoms. The number of nitrogens with zero attached hydrogens (tertiary/aromatic N) is 1. The molecule has 0 atom stereocenters.